The third-order valence-electron chi connectivity index (χ3n) is 6.55. The van der Waals surface area contributed by atoms with E-state index < -0.39 is 11.7 Å². The minimum atomic E-state index is -0.672. The van der Waals surface area contributed by atoms with Gasteiger partial charge in [0, 0.05) is 37.6 Å². The van der Waals surface area contributed by atoms with E-state index in [0.717, 1.165) is 12.8 Å². The standard InChI is InChI=1S/C28H30FN5O5/c1-38-24-7-6-19(13-25(24)39-2)12-23(20-4-3-5-22(29)14-20)27(36)30-15-18-8-10-34(11-9-18)28-31-16-21(17-32-28)26(35)33-37/h3-7,12-14,16-18,37H,8-11,15H2,1-2H3,(H,30,36)(H,33,35). The molecule has 1 saturated heterocycles. The van der Waals surface area contributed by atoms with Crippen molar-refractivity contribution in [2.24, 2.45) is 5.92 Å². The van der Waals surface area contributed by atoms with Crippen LogP contribution in [0.1, 0.15) is 34.3 Å². The highest BCUT2D eigenvalue weighted by atomic mass is 19.1. The minimum Gasteiger partial charge on any atom is -0.493 e. The van der Waals surface area contributed by atoms with Crippen LogP contribution in [0.15, 0.2) is 54.9 Å². The summed E-state index contributed by atoms with van der Waals surface area (Å²) >= 11 is 0. The summed E-state index contributed by atoms with van der Waals surface area (Å²) in [6, 6.07) is 11.2. The fourth-order valence-corrected chi connectivity index (χ4v) is 4.38. The van der Waals surface area contributed by atoms with Crippen LogP contribution >= 0.6 is 0 Å². The number of nitrogens with one attached hydrogen (secondary N) is 2. The lowest BCUT2D eigenvalue weighted by Gasteiger charge is -2.32. The number of anilines is 1. The van der Waals surface area contributed by atoms with Gasteiger partial charge in [0.25, 0.3) is 11.8 Å². The molecule has 2 amide bonds. The van der Waals surface area contributed by atoms with E-state index in [-0.39, 0.29) is 17.4 Å². The first kappa shape index (κ1) is 27.5. The molecule has 0 aliphatic carbocycles. The Labute approximate surface area is 225 Å². The number of nitrogens with zero attached hydrogens (tertiary/aromatic N) is 3. The Morgan fingerprint density at radius 1 is 1.05 bits per heavy atom. The molecule has 1 aromatic heterocycles. The smallest absolute Gasteiger partial charge is 0.277 e. The SMILES string of the molecule is COc1ccc(C=C(C(=O)NCC2CCN(c3ncc(C(=O)NO)cn3)CC2)c2cccc(F)c2)cc1OC. The van der Waals surface area contributed by atoms with E-state index in [1.165, 1.54) is 31.6 Å². The molecular weight excluding hydrogens is 505 g/mol. The van der Waals surface area contributed by atoms with Gasteiger partial charge in [-0.2, -0.15) is 0 Å². The van der Waals surface area contributed by atoms with Gasteiger partial charge in [-0.15, -0.1) is 0 Å². The third-order valence-corrected chi connectivity index (χ3v) is 6.55. The number of hydrogen-bond donors (Lipinski definition) is 3. The second-order valence-corrected chi connectivity index (χ2v) is 9.04. The molecule has 1 aliphatic heterocycles. The fourth-order valence-electron chi connectivity index (χ4n) is 4.38. The van der Waals surface area contributed by atoms with Crippen molar-refractivity contribution >= 4 is 29.4 Å². The van der Waals surface area contributed by atoms with E-state index in [2.05, 4.69) is 15.3 Å². The summed E-state index contributed by atoms with van der Waals surface area (Å²) in [5.41, 5.74) is 3.22. The van der Waals surface area contributed by atoms with E-state index >= 15 is 0 Å². The minimum absolute atomic E-state index is 0.161. The highest BCUT2D eigenvalue weighted by Gasteiger charge is 2.23. The summed E-state index contributed by atoms with van der Waals surface area (Å²) in [6.07, 6.45) is 6.03. The highest BCUT2D eigenvalue weighted by Crippen LogP contribution is 2.30. The molecule has 4 rings (SSSR count). The van der Waals surface area contributed by atoms with E-state index in [9.17, 15) is 14.0 Å². The maximum atomic E-state index is 14.0. The normalized spacial score (nSPS) is 14.1. The van der Waals surface area contributed by atoms with Gasteiger partial charge >= 0.3 is 0 Å². The van der Waals surface area contributed by atoms with Gasteiger partial charge in [0.2, 0.25) is 5.95 Å². The molecule has 1 fully saturated rings. The molecular formula is C28H30FN5O5. The summed E-state index contributed by atoms with van der Waals surface area (Å²) in [5.74, 6) is 0.408. The zero-order valence-corrected chi connectivity index (χ0v) is 21.7. The lowest BCUT2D eigenvalue weighted by molar-refractivity contribution is -0.115. The van der Waals surface area contributed by atoms with Crippen LogP contribution in [0.2, 0.25) is 0 Å². The van der Waals surface area contributed by atoms with Crippen LogP contribution in [0.25, 0.3) is 11.6 Å². The number of hydrogen-bond acceptors (Lipinski definition) is 8. The average molecular weight is 536 g/mol. The van der Waals surface area contributed by atoms with Crippen LogP contribution in [0, 0.1) is 11.7 Å². The van der Waals surface area contributed by atoms with Crippen molar-refractivity contribution in [2.45, 2.75) is 12.8 Å². The number of carbonyl (C=O) groups is 2. The number of amides is 2. The Bertz CT molecular complexity index is 1340. The Morgan fingerprint density at radius 2 is 1.77 bits per heavy atom. The number of halogens is 1. The predicted molar refractivity (Wildman–Crippen MR) is 143 cm³/mol. The monoisotopic (exact) mass is 535 g/mol. The maximum absolute atomic E-state index is 14.0. The van der Waals surface area contributed by atoms with Gasteiger partial charge in [0.05, 0.1) is 19.8 Å². The van der Waals surface area contributed by atoms with Gasteiger partial charge in [0.1, 0.15) is 5.82 Å². The zero-order chi connectivity index (χ0) is 27.8. The number of piperidine rings is 1. The van der Waals surface area contributed by atoms with Crippen molar-refractivity contribution < 1.29 is 28.7 Å². The van der Waals surface area contributed by atoms with Crippen LogP contribution in [0.5, 0.6) is 11.5 Å². The molecule has 0 saturated carbocycles. The molecule has 11 heteroatoms. The Balaban J connectivity index is 1.42. The quantitative estimate of drug-likeness (QED) is 0.165. The second-order valence-electron chi connectivity index (χ2n) is 9.04. The molecule has 2 heterocycles. The van der Waals surface area contributed by atoms with Crippen LogP contribution in [0.4, 0.5) is 10.3 Å². The highest BCUT2D eigenvalue weighted by molar-refractivity contribution is 6.24. The van der Waals surface area contributed by atoms with Gasteiger partial charge in [-0.05, 0) is 60.2 Å². The first-order valence-electron chi connectivity index (χ1n) is 12.4. The van der Waals surface area contributed by atoms with Gasteiger partial charge < -0.3 is 19.7 Å². The summed E-state index contributed by atoms with van der Waals surface area (Å²) < 4.78 is 24.7. The Morgan fingerprint density at radius 3 is 2.41 bits per heavy atom. The summed E-state index contributed by atoms with van der Waals surface area (Å²) in [7, 11) is 3.08. The third kappa shape index (κ3) is 6.88. The Kier molecular flexibility index (Phi) is 9.06. The molecule has 39 heavy (non-hydrogen) atoms. The number of carbonyl (C=O) groups excluding carboxylic acids is 2. The van der Waals surface area contributed by atoms with Crippen molar-refractivity contribution in [3.05, 3.63) is 77.4 Å². The van der Waals surface area contributed by atoms with E-state index in [4.69, 9.17) is 14.7 Å². The van der Waals surface area contributed by atoms with Crippen LogP contribution < -0.4 is 25.2 Å². The molecule has 204 valence electrons. The Hall–Kier alpha value is -4.51. The number of ether oxygens (including phenoxy) is 2. The first-order valence-corrected chi connectivity index (χ1v) is 12.4. The van der Waals surface area contributed by atoms with Crippen molar-refractivity contribution in [3.63, 3.8) is 0 Å². The van der Waals surface area contributed by atoms with Gasteiger partial charge in [-0.3, -0.25) is 14.8 Å². The first-order chi connectivity index (χ1) is 18.9. The molecule has 1 aliphatic rings. The summed E-state index contributed by atoms with van der Waals surface area (Å²) in [4.78, 5) is 35.2. The molecule has 3 aromatic rings. The average Bonchev–Trinajstić information content (AvgIpc) is 2.98. The maximum Gasteiger partial charge on any atom is 0.277 e. The van der Waals surface area contributed by atoms with E-state index in [0.29, 0.717) is 53.8 Å². The van der Waals surface area contributed by atoms with Crippen molar-refractivity contribution in [3.8, 4) is 11.5 Å². The molecule has 3 N–H and O–H groups in total. The zero-order valence-electron chi connectivity index (χ0n) is 21.7. The predicted octanol–water partition coefficient (Wildman–Crippen LogP) is 3.33. The summed E-state index contributed by atoms with van der Waals surface area (Å²) in [6.45, 7) is 1.83. The molecule has 0 spiro atoms. The van der Waals surface area contributed by atoms with Crippen molar-refractivity contribution in [1.82, 2.24) is 20.8 Å². The lowest BCUT2D eigenvalue weighted by atomic mass is 9.96. The number of benzene rings is 2. The number of hydroxylamine groups is 1. The van der Waals surface area contributed by atoms with E-state index in [1.54, 1.807) is 49.0 Å². The molecule has 0 unspecified atom stereocenters. The van der Waals surface area contributed by atoms with Crippen molar-refractivity contribution in [1.29, 1.82) is 0 Å². The molecule has 0 radical (unpaired) electrons. The topological polar surface area (TPSA) is 126 Å². The van der Waals surface area contributed by atoms with Crippen molar-refractivity contribution in [2.75, 3.05) is 38.8 Å². The number of rotatable bonds is 9. The number of methoxy groups -OCH3 is 2. The largest absolute Gasteiger partial charge is 0.493 e. The second kappa shape index (κ2) is 12.8. The molecule has 0 atom stereocenters. The van der Waals surface area contributed by atoms with Crippen LogP contribution in [0.3, 0.4) is 0 Å². The van der Waals surface area contributed by atoms with Gasteiger partial charge in [0.15, 0.2) is 11.5 Å². The van der Waals surface area contributed by atoms with Crippen LogP contribution in [-0.2, 0) is 4.79 Å². The van der Waals surface area contributed by atoms with Gasteiger partial charge in [-0.25, -0.2) is 19.8 Å². The lowest BCUT2D eigenvalue weighted by Crippen LogP contribution is -2.39. The van der Waals surface area contributed by atoms with Crippen LogP contribution in [-0.4, -0.2) is 60.8 Å². The number of aromatic nitrogens is 2. The molecule has 10 nitrogen and oxygen atoms in total. The fraction of sp³-hybridized carbons (Fsp3) is 0.286. The summed E-state index contributed by atoms with van der Waals surface area (Å²) in [5, 5.41) is 11.7. The molecule has 0 bridgehead atoms. The van der Waals surface area contributed by atoms with Gasteiger partial charge in [-0.1, -0.05) is 18.2 Å². The molecule has 2 aromatic carbocycles. The van der Waals surface area contributed by atoms with E-state index in [1.807, 2.05) is 4.90 Å².